The molecule has 47 heavy (non-hydrogen) atoms. The fourth-order valence-corrected chi connectivity index (χ4v) is 3.93. The number of carbonyl (C=O) groups excluding carboxylic acids is 3. The number of carboxylic acid groups (broad SMARTS) is 1. The number of amides is 1. The molecule has 0 fully saturated rings. The molecule has 0 spiro atoms. The molecule has 250 valence electrons. The fraction of sp³-hybridized carbons (Fsp3) is 0.222. The highest BCUT2D eigenvalue weighted by atomic mass is 35.5. The number of benzene rings is 4. The maximum atomic E-state index is 13.7. The summed E-state index contributed by atoms with van der Waals surface area (Å²) in [6.45, 7) is 5.52. The van der Waals surface area contributed by atoms with Gasteiger partial charge in [-0.1, -0.05) is 83.9 Å². The van der Waals surface area contributed by atoms with E-state index in [0.29, 0.717) is 6.42 Å². The average molecular weight is 669 g/mol. The number of rotatable bonds is 9. The van der Waals surface area contributed by atoms with Gasteiger partial charge in [0, 0.05) is 6.42 Å². The van der Waals surface area contributed by atoms with Crippen LogP contribution >= 0.6 is 12.4 Å². The highest BCUT2D eigenvalue weighted by Gasteiger charge is 2.23. The number of methoxy groups -OCH3 is 1. The van der Waals surface area contributed by atoms with Crippen LogP contribution in [0.2, 0.25) is 0 Å². The molecule has 2 unspecified atom stereocenters. The average Bonchev–Trinajstić information content (AvgIpc) is 3.03. The molecule has 1 amide bonds. The molecule has 0 aliphatic rings. The van der Waals surface area contributed by atoms with Crippen molar-refractivity contribution < 1.29 is 37.8 Å². The Kier molecular flexibility index (Phi) is 17.3. The van der Waals surface area contributed by atoms with Crippen LogP contribution in [0, 0.1) is 25.5 Å². The molecule has 4 N–H and O–H groups in total. The number of aryl methyl sites for hydroxylation is 2. The fourth-order valence-electron chi connectivity index (χ4n) is 3.93. The lowest BCUT2D eigenvalue weighted by Crippen LogP contribution is -2.43. The number of hydrogen-bond acceptors (Lipinski definition) is 6. The number of aromatic carboxylic acids is 1. The zero-order valence-corrected chi connectivity index (χ0v) is 27.4. The molecular weight excluding hydrogens is 630 g/mol. The molecule has 4 aromatic rings. The second kappa shape index (κ2) is 20.2. The second-order valence-corrected chi connectivity index (χ2v) is 10.4. The SMILES string of the molecule is CC(=O)C(N)Cc1ccc(C)cc1.COC(=O)C(Cc1ccc(C)cc1)NC(=O)c1ccccc1F.Cl.O=C(O)c1ccccc1F. The van der Waals surface area contributed by atoms with E-state index < -0.39 is 35.5 Å². The number of halogens is 3. The maximum absolute atomic E-state index is 13.7. The molecule has 4 rings (SSSR count). The Morgan fingerprint density at radius 2 is 1.17 bits per heavy atom. The summed E-state index contributed by atoms with van der Waals surface area (Å²) in [5.41, 5.74) is 9.55. The molecule has 0 saturated carbocycles. The highest BCUT2D eigenvalue weighted by molar-refractivity contribution is 5.97. The minimum absolute atomic E-state index is 0. The van der Waals surface area contributed by atoms with Crippen molar-refractivity contribution >= 4 is 36.0 Å². The summed E-state index contributed by atoms with van der Waals surface area (Å²) >= 11 is 0. The van der Waals surface area contributed by atoms with Crippen LogP contribution in [0.4, 0.5) is 8.78 Å². The molecule has 0 aliphatic carbocycles. The van der Waals surface area contributed by atoms with E-state index in [1.807, 2.05) is 62.4 Å². The zero-order chi connectivity index (χ0) is 34.2. The minimum Gasteiger partial charge on any atom is -0.478 e. The first-order chi connectivity index (χ1) is 21.8. The monoisotopic (exact) mass is 668 g/mol. The van der Waals surface area contributed by atoms with Crippen molar-refractivity contribution in [1.82, 2.24) is 5.32 Å². The molecule has 0 radical (unpaired) electrons. The molecule has 8 nitrogen and oxygen atoms in total. The smallest absolute Gasteiger partial charge is 0.338 e. The molecule has 0 bridgehead atoms. The molecule has 4 aromatic carbocycles. The first-order valence-corrected chi connectivity index (χ1v) is 14.3. The van der Waals surface area contributed by atoms with Crippen LogP contribution in [-0.4, -0.2) is 47.9 Å². The summed E-state index contributed by atoms with van der Waals surface area (Å²) < 4.78 is 30.9. The molecule has 0 aromatic heterocycles. The van der Waals surface area contributed by atoms with Crippen LogP contribution < -0.4 is 11.1 Å². The maximum Gasteiger partial charge on any atom is 0.338 e. The van der Waals surface area contributed by atoms with E-state index in [-0.39, 0.29) is 41.8 Å². The minimum atomic E-state index is -1.24. The largest absolute Gasteiger partial charge is 0.478 e. The van der Waals surface area contributed by atoms with Gasteiger partial charge in [0.2, 0.25) is 0 Å². The summed E-state index contributed by atoms with van der Waals surface area (Å²) in [6.07, 6.45) is 0.906. The number of hydrogen-bond donors (Lipinski definition) is 3. The summed E-state index contributed by atoms with van der Waals surface area (Å²) in [5, 5.41) is 10.9. The zero-order valence-electron chi connectivity index (χ0n) is 26.5. The van der Waals surface area contributed by atoms with Crippen molar-refractivity contribution in [2.75, 3.05) is 7.11 Å². The molecular formula is C36H39ClF2N2O6. The van der Waals surface area contributed by atoms with Crippen LogP contribution in [0.25, 0.3) is 0 Å². The van der Waals surface area contributed by atoms with E-state index in [2.05, 4.69) is 5.32 Å². The van der Waals surface area contributed by atoms with Crippen molar-refractivity contribution in [1.29, 1.82) is 0 Å². The van der Waals surface area contributed by atoms with Gasteiger partial charge < -0.3 is 20.9 Å². The summed E-state index contributed by atoms with van der Waals surface area (Å²) in [7, 11) is 1.25. The Morgan fingerprint density at radius 3 is 1.55 bits per heavy atom. The lowest BCUT2D eigenvalue weighted by molar-refractivity contribution is -0.142. The number of ketones is 1. The number of nitrogens with two attached hydrogens (primary N) is 1. The summed E-state index contributed by atoms with van der Waals surface area (Å²) in [5.74, 6) is -3.75. The van der Waals surface area contributed by atoms with Gasteiger partial charge in [0.15, 0.2) is 0 Å². The quantitative estimate of drug-likeness (QED) is 0.185. The first-order valence-electron chi connectivity index (χ1n) is 14.3. The van der Waals surface area contributed by atoms with Gasteiger partial charge in [-0.3, -0.25) is 9.59 Å². The predicted molar refractivity (Wildman–Crippen MR) is 179 cm³/mol. The predicted octanol–water partition coefficient (Wildman–Crippen LogP) is 6.05. The highest BCUT2D eigenvalue weighted by Crippen LogP contribution is 2.11. The number of nitrogens with one attached hydrogen (secondary N) is 1. The Morgan fingerprint density at radius 1 is 0.745 bits per heavy atom. The first kappa shape index (κ1) is 40.1. The van der Waals surface area contributed by atoms with Crippen LogP contribution in [0.15, 0.2) is 97.1 Å². The number of ether oxygens (including phenoxy) is 1. The van der Waals surface area contributed by atoms with Gasteiger partial charge in [0.05, 0.1) is 24.3 Å². The number of carboxylic acids is 1. The Balaban J connectivity index is 0.000000388. The molecule has 2 atom stereocenters. The van der Waals surface area contributed by atoms with E-state index in [0.717, 1.165) is 22.8 Å². The normalized spacial score (nSPS) is 11.1. The van der Waals surface area contributed by atoms with Crippen LogP contribution in [0.3, 0.4) is 0 Å². The number of esters is 1. The lowest BCUT2D eigenvalue weighted by Gasteiger charge is -2.17. The van der Waals surface area contributed by atoms with Gasteiger partial charge >= 0.3 is 11.9 Å². The topological polar surface area (TPSA) is 136 Å². The van der Waals surface area contributed by atoms with Crippen molar-refractivity contribution in [3.8, 4) is 0 Å². The van der Waals surface area contributed by atoms with Crippen LogP contribution in [0.1, 0.15) is 49.9 Å². The van der Waals surface area contributed by atoms with E-state index >= 15 is 0 Å². The van der Waals surface area contributed by atoms with Gasteiger partial charge in [-0.25, -0.2) is 18.4 Å². The van der Waals surface area contributed by atoms with Crippen molar-refractivity contribution in [3.63, 3.8) is 0 Å². The standard InChI is InChI=1S/C18H18FNO3.C11H15NO.C7H5FO2.ClH/c1-12-7-9-13(10-8-12)11-16(18(22)23-2)20-17(21)14-5-3-4-6-15(14)19;1-8-3-5-10(6-4-8)7-11(12)9(2)13;8-6-4-2-1-3-5(6)7(9)10;/h3-10,16H,11H2,1-2H3,(H,20,21);3-6,11H,7,12H2,1-2H3;1-4H,(H,9,10);1H. The van der Waals surface area contributed by atoms with Gasteiger partial charge in [0.25, 0.3) is 5.91 Å². The number of Topliss-reactive ketones (excluding diaryl/α,β-unsaturated/α-hetero) is 1. The van der Waals surface area contributed by atoms with Crippen molar-refractivity contribution in [2.24, 2.45) is 5.73 Å². The van der Waals surface area contributed by atoms with E-state index in [4.69, 9.17) is 15.6 Å². The van der Waals surface area contributed by atoms with Crippen LogP contribution in [0.5, 0.6) is 0 Å². The summed E-state index contributed by atoms with van der Waals surface area (Å²) in [4.78, 5) is 45.2. The Labute approximate surface area is 279 Å². The van der Waals surface area contributed by atoms with Crippen LogP contribution in [-0.2, 0) is 27.2 Å². The van der Waals surface area contributed by atoms with Gasteiger partial charge in [-0.15, -0.1) is 12.4 Å². The molecule has 0 saturated heterocycles. The molecule has 11 heteroatoms. The lowest BCUT2D eigenvalue weighted by atomic mass is 10.0. The molecule has 0 aliphatic heterocycles. The van der Waals surface area contributed by atoms with Crippen molar-refractivity contribution in [2.45, 2.75) is 45.7 Å². The third-order valence-corrected chi connectivity index (χ3v) is 6.67. The number of carbonyl (C=O) groups is 4. The second-order valence-electron chi connectivity index (χ2n) is 10.4. The molecule has 0 heterocycles. The van der Waals surface area contributed by atoms with Gasteiger partial charge in [-0.2, -0.15) is 0 Å². The van der Waals surface area contributed by atoms with Gasteiger partial charge in [0.1, 0.15) is 23.5 Å². The van der Waals surface area contributed by atoms with Crippen molar-refractivity contribution in [3.05, 3.63) is 142 Å². The van der Waals surface area contributed by atoms with Gasteiger partial charge in [-0.05, 0) is 62.6 Å². The summed E-state index contributed by atoms with van der Waals surface area (Å²) in [6, 6.07) is 25.3. The Hall–Kier alpha value is -4.93. The van der Waals surface area contributed by atoms with E-state index in [1.54, 1.807) is 6.07 Å². The third kappa shape index (κ3) is 13.9. The van der Waals surface area contributed by atoms with E-state index in [1.165, 1.54) is 56.0 Å². The third-order valence-electron chi connectivity index (χ3n) is 6.67. The Bertz CT molecular complexity index is 1610. The van der Waals surface area contributed by atoms with E-state index in [9.17, 15) is 28.0 Å².